The van der Waals surface area contributed by atoms with Crippen molar-refractivity contribution in [2.45, 2.75) is 39.4 Å². The molecule has 170 valence electrons. The van der Waals surface area contributed by atoms with Gasteiger partial charge >= 0.3 is 5.97 Å². The number of aromatic nitrogens is 1. The zero-order valence-electron chi connectivity index (χ0n) is 18.5. The second kappa shape index (κ2) is 8.76. The lowest BCUT2D eigenvalue weighted by atomic mass is 9.99. The van der Waals surface area contributed by atoms with Gasteiger partial charge in [-0.25, -0.2) is 0 Å². The molecule has 32 heavy (non-hydrogen) atoms. The van der Waals surface area contributed by atoms with Crippen LogP contribution in [0.2, 0.25) is 0 Å². The van der Waals surface area contributed by atoms with E-state index in [1.54, 1.807) is 39.2 Å². The lowest BCUT2D eigenvalue weighted by molar-refractivity contribution is -0.182. The summed E-state index contributed by atoms with van der Waals surface area (Å²) in [4.78, 5) is 25.9. The number of hydrogen-bond donors (Lipinski definition) is 0. The van der Waals surface area contributed by atoms with Crippen molar-refractivity contribution in [3.05, 3.63) is 45.4 Å². The molecule has 9 nitrogen and oxygen atoms in total. The maximum absolute atomic E-state index is 13.6. The molecule has 0 bridgehead atoms. The maximum atomic E-state index is 13.6. The molecule has 0 saturated carbocycles. The van der Waals surface area contributed by atoms with E-state index in [1.165, 1.54) is 0 Å². The van der Waals surface area contributed by atoms with Gasteiger partial charge in [0, 0.05) is 12.1 Å². The van der Waals surface area contributed by atoms with Crippen molar-refractivity contribution in [3.63, 3.8) is 0 Å². The molecular formula is C23H25NO8. The van der Waals surface area contributed by atoms with Gasteiger partial charge in [-0.1, -0.05) is 5.16 Å². The monoisotopic (exact) mass is 443 g/mol. The van der Waals surface area contributed by atoms with Crippen molar-refractivity contribution >= 4 is 16.9 Å². The molecule has 1 aliphatic rings. The van der Waals surface area contributed by atoms with Crippen molar-refractivity contribution in [1.82, 2.24) is 5.16 Å². The van der Waals surface area contributed by atoms with Crippen LogP contribution < -0.4 is 10.2 Å². The molecule has 1 fully saturated rings. The lowest BCUT2D eigenvalue weighted by Gasteiger charge is -2.26. The van der Waals surface area contributed by atoms with E-state index in [0.717, 1.165) is 0 Å². The number of benzene rings is 1. The van der Waals surface area contributed by atoms with Crippen molar-refractivity contribution in [3.8, 4) is 17.1 Å². The molecule has 0 radical (unpaired) electrons. The van der Waals surface area contributed by atoms with E-state index in [9.17, 15) is 9.59 Å². The number of carbonyl (C=O) groups excluding carboxylic acids is 1. The van der Waals surface area contributed by atoms with Gasteiger partial charge in [-0.05, 0) is 32.4 Å². The van der Waals surface area contributed by atoms with Crippen molar-refractivity contribution in [2.75, 3.05) is 26.9 Å². The van der Waals surface area contributed by atoms with Crippen LogP contribution in [0.3, 0.4) is 0 Å². The second-order valence-corrected chi connectivity index (χ2v) is 7.65. The fourth-order valence-corrected chi connectivity index (χ4v) is 3.94. The average molecular weight is 443 g/mol. The first-order valence-corrected chi connectivity index (χ1v) is 10.4. The number of nitrogens with zero attached hydrogens (tertiary/aromatic N) is 1. The molecule has 0 spiro atoms. The van der Waals surface area contributed by atoms with E-state index in [0.29, 0.717) is 41.2 Å². The predicted molar refractivity (Wildman–Crippen MR) is 114 cm³/mol. The van der Waals surface area contributed by atoms with Crippen LogP contribution in [-0.4, -0.2) is 43.8 Å². The highest BCUT2D eigenvalue weighted by molar-refractivity contribution is 5.86. The Hall–Kier alpha value is -3.17. The molecule has 3 aromatic rings. The maximum Gasteiger partial charge on any atom is 0.311 e. The van der Waals surface area contributed by atoms with Crippen molar-refractivity contribution in [1.29, 1.82) is 0 Å². The number of ether oxygens (including phenoxy) is 4. The van der Waals surface area contributed by atoms with Gasteiger partial charge in [0.05, 0.1) is 44.4 Å². The Balaban J connectivity index is 1.90. The Bertz CT molecular complexity index is 1200. The summed E-state index contributed by atoms with van der Waals surface area (Å²) < 4.78 is 33.7. The summed E-state index contributed by atoms with van der Waals surface area (Å²) in [5, 5.41) is 4.32. The van der Waals surface area contributed by atoms with E-state index in [1.807, 2.05) is 6.92 Å². The van der Waals surface area contributed by atoms with Crippen LogP contribution in [0.15, 0.2) is 31.9 Å². The molecule has 2 aromatic heterocycles. The zero-order chi connectivity index (χ0) is 22.9. The molecule has 9 heteroatoms. The minimum atomic E-state index is -1.31. The molecule has 1 saturated heterocycles. The summed E-state index contributed by atoms with van der Waals surface area (Å²) >= 11 is 0. The zero-order valence-corrected chi connectivity index (χ0v) is 18.5. The highest BCUT2D eigenvalue weighted by Crippen LogP contribution is 2.35. The number of fused-ring (bicyclic) bond motifs is 1. The molecule has 4 rings (SSSR count). The molecule has 1 aromatic carbocycles. The molecule has 0 aliphatic carbocycles. The van der Waals surface area contributed by atoms with Crippen LogP contribution in [0.1, 0.15) is 30.4 Å². The SMILES string of the molecule is CCOC(=O)CC1(Cc2oc3cc(OC)cc(C)c3c(=O)c2-c2cc(C)no2)OCCO1. The quantitative estimate of drug-likeness (QED) is 0.508. The Morgan fingerprint density at radius 1 is 1.19 bits per heavy atom. The third kappa shape index (κ3) is 4.13. The summed E-state index contributed by atoms with van der Waals surface area (Å²) in [6.45, 7) is 6.14. The number of esters is 1. The van der Waals surface area contributed by atoms with E-state index < -0.39 is 11.8 Å². The topological polar surface area (TPSA) is 110 Å². The van der Waals surface area contributed by atoms with Crippen LogP contribution in [0.4, 0.5) is 0 Å². The number of aryl methyl sites for hydroxylation is 2. The molecule has 0 unspecified atom stereocenters. The fourth-order valence-electron chi connectivity index (χ4n) is 3.94. The first-order chi connectivity index (χ1) is 15.4. The summed E-state index contributed by atoms with van der Waals surface area (Å²) in [6, 6.07) is 5.08. The average Bonchev–Trinajstić information content (AvgIpc) is 3.36. The van der Waals surface area contributed by atoms with Gasteiger partial charge in [-0.15, -0.1) is 0 Å². The second-order valence-electron chi connectivity index (χ2n) is 7.65. The normalized spacial score (nSPS) is 15.2. The van der Waals surface area contributed by atoms with E-state index >= 15 is 0 Å². The minimum Gasteiger partial charge on any atom is -0.497 e. The first kappa shape index (κ1) is 22.0. The van der Waals surface area contributed by atoms with Crippen LogP contribution in [-0.2, 0) is 25.4 Å². The number of methoxy groups -OCH3 is 1. The van der Waals surface area contributed by atoms with Gasteiger partial charge in [0.15, 0.2) is 11.5 Å². The summed E-state index contributed by atoms with van der Waals surface area (Å²) in [5.74, 6) is -0.688. The molecule has 0 amide bonds. The van der Waals surface area contributed by atoms with Gasteiger partial charge in [0.2, 0.25) is 5.43 Å². The van der Waals surface area contributed by atoms with Gasteiger partial charge in [-0.2, -0.15) is 0 Å². The predicted octanol–water partition coefficient (Wildman–Crippen LogP) is 3.31. The van der Waals surface area contributed by atoms with Crippen LogP contribution in [0.25, 0.3) is 22.3 Å². The summed E-state index contributed by atoms with van der Waals surface area (Å²) in [6.07, 6.45) is -0.142. The van der Waals surface area contributed by atoms with Crippen LogP contribution in [0.5, 0.6) is 5.75 Å². The minimum absolute atomic E-state index is 0.00231. The van der Waals surface area contributed by atoms with Crippen molar-refractivity contribution in [2.24, 2.45) is 0 Å². The van der Waals surface area contributed by atoms with Crippen molar-refractivity contribution < 1.29 is 32.7 Å². The Kier molecular flexibility index (Phi) is 6.03. The van der Waals surface area contributed by atoms with Crippen LogP contribution >= 0.6 is 0 Å². The number of rotatable bonds is 7. The third-order valence-corrected chi connectivity index (χ3v) is 5.31. The van der Waals surface area contributed by atoms with Gasteiger partial charge < -0.3 is 27.9 Å². The molecule has 3 heterocycles. The Labute approximate surface area is 184 Å². The smallest absolute Gasteiger partial charge is 0.311 e. The summed E-state index contributed by atoms with van der Waals surface area (Å²) in [5.41, 5.74) is 1.61. The molecular weight excluding hydrogens is 418 g/mol. The highest BCUT2D eigenvalue weighted by atomic mass is 16.7. The summed E-state index contributed by atoms with van der Waals surface area (Å²) in [7, 11) is 1.54. The lowest BCUT2D eigenvalue weighted by Crippen LogP contribution is -2.37. The fraction of sp³-hybridized carbons (Fsp3) is 0.435. The van der Waals surface area contributed by atoms with Crippen LogP contribution in [0, 0.1) is 13.8 Å². The Morgan fingerprint density at radius 2 is 1.94 bits per heavy atom. The molecule has 0 N–H and O–H groups in total. The standard InChI is InChI=1S/C23H25NO8/c1-5-28-19(25)12-23(29-6-7-30-23)11-18-21(17-9-14(3)24-32-17)22(26)20-13(2)8-15(27-4)10-16(20)31-18/h8-10H,5-7,11-12H2,1-4H3. The van der Waals surface area contributed by atoms with E-state index in [-0.39, 0.29) is 42.0 Å². The highest BCUT2D eigenvalue weighted by Gasteiger charge is 2.42. The molecule has 1 aliphatic heterocycles. The van der Waals surface area contributed by atoms with E-state index in [2.05, 4.69) is 5.16 Å². The van der Waals surface area contributed by atoms with E-state index in [4.69, 9.17) is 27.9 Å². The number of carbonyl (C=O) groups is 1. The van der Waals surface area contributed by atoms with Gasteiger partial charge in [-0.3, -0.25) is 9.59 Å². The first-order valence-electron chi connectivity index (χ1n) is 10.4. The van der Waals surface area contributed by atoms with Gasteiger partial charge in [0.1, 0.15) is 29.1 Å². The Morgan fingerprint density at radius 3 is 2.56 bits per heavy atom. The molecule has 0 atom stereocenters. The van der Waals surface area contributed by atoms with Gasteiger partial charge in [0.25, 0.3) is 0 Å². The number of hydrogen-bond acceptors (Lipinski definition) is 9. The largest absolute Gasteiger partial charge is 0.497 e. The third-order valence-electron chi connectivity index (χ3n) is 5.31.